The van der Waals surface area contributed by atoms with E-state index in [1.807, 2.05) is 0 Å². The smallest absolute Gasteiger partial charge is 0.863 e. The Morgan fingerprint density at radius 3 is 0.744 bits per heavy atom. The van der Waals surface area contributed by atoms with Gasteiger partial charge < -0.3 is 20.0 Å². The molecule has 0 N–H and O–H groups in total. The molecular weight excluding hydrogens is 648 g/mol. The summed E-state index contributed by atoms with van der Waals surface area (Å²) < 4.78 is 0. The standard InChI is InChI=1S/2C6H3N3O7.2C3H7NO.Cu/c2*10-6-4(8(13)14)1-3(7(11)12)2-5(6)9(15)16;2*1-4(2)3-5;/h2*1-2,10H;2*3H,1-2H3;/q;;;;+2/p-2. The normalized spacial score (nSPS) is 8.84. The van der Waals surface area contributed by atoms with Gasteiger partial charge in [0.15, 0.2) is 0 Å². The molecule has 1 radical (unpaired) electrons. The molecule has 0 bridgehead atoms. The van der Waals surface area contributed by atoms with E-state index in [0.29, 0.717) is 24.3 Å². The first kappa shape index (κ1) is 41.4. The predicted octanol–water partition coefficient (Wildman–Crippen LogP) is 0.376. The summed E-state index contributed by atoms with van der Waals surface area (Å²) in [7, 11) is 6.75. The molecule has 0 aliphatic carbocycles. The van der Waals surface area contributed by atoms with Crippen LogP contribution in [0.15, 0.2) is 24.3 Å². The van der Waals surface area contributed by atoms with Crippen molar-refractivity contribution >= 4 is 46.9 Å². The first-order chi connectivity index (χ1) is 19.2. The zero-order valence-electron chi connectivity index (χ0n) is 21.9. The maximum absolute atomic E-state index is 11.1. The summed E-state index contributed by atoms with van der Waals surface area (Å²) in [5, 5.41) is 84.2. The molecule has 0 spiro atoms. The molecule has 0 fully saturated rings. The summed E-state index contributed by atoms with van der Waals surface area (Å²) in [6.45, 7) is 0. The third kappa shape index (κ3) is 14.2. The Morgan fingerprint density at radius 1 is 0.488 bits per heavy atom. The van der Waals surface area contributed by atoms with Crippen molar-refractivity contribution in [2.75, 3.05) is 28.2 Å². The van der Waals surface area contributed by atoms with E-state index in [1.54, 1.807) is 28.2 Å². The number of carbonyl (C=O) groups is 2. The van der Waals surface area contributed by atoms with Crippen LogP contribution in [0.2, 0.25) is 0 Å². The van der Waals surface area contributed by atoms with Gasteiger partial charge in [-0.2, -0.15) is 0 Å². The van der Waals surface area contributed by atoms with Gasteiger partial charge >= 0.3 is 17.1 Å². The first-order valence-corrected chi connectivity index (χ1v) is 10.0. The Hall–Kier alpha value is -6.10. The molecule has 24 nitrogen and oxygen atoms in total. The van der Waals surface area contributed by atoms with Crippen LogP contribution in [-0.2, 0) is 26.7 Å². The number of nitrogens with zero attached hydrogens (tertiary/aromatic N) is 8. The molecular formula is C18H18CuN8O16. The number of rotatable bonds is 8. The van der Waals surface area contributed by atoms with E-state index < -0.39 is 75.2 Å². The molecule has 237 valence electrons. The van der Waals surface area contributed by atoms with E-state index in [0.717, 1.165) is 12.8 Å². The molecule has 2 rings (SSSR count). The summed E-state index contributed by atoms with van der Waals surface area (Å²) in [5.74, 6) is -2.92. The second-order valence-electron chi connectivity index (χ2n) is 7.31. The van der Waals surface area contributed by atoms with Gasteiger partial charge in [0.25, 0.3) is 34.1 Å². The second kappa shape index (κ2) is 19.1. The summed E-state index contributed by atoms with van der Waals surface area (Å²) in [6, 6.07) is 1.54. The van der Waals surface area contributed by atoms with Crippen LogP contribution in [-0.4, -0.2) is 80.4 Å². The Kier molecular flexibility index (Phi) is 18.3. The van der Waals surface area contributed by atoms with Gasteiger partial charge in [-0.3, -0.25) is 70.3 Å². The van der Waals surface area contributed by atoms with E-state index in [4.69, 9.17) is 0 Å². The summed E-state index contributed by atoms with van der Waals surface area (Å²) >= 11 is 0. The van der Waals surface area contributed by atoms with Crippen molar-refractivity contribution in [3.63, 3.8) is 0 Å². The number of hydrogen-bond acceptors (Lipinski definition) is 16. The van der Waals surface area contributed by atoms with E-state index in [9.17, 15) is 80.5 Å². The van der Waals surface area contributed by atoms with Crippen LogP contribution < -0.4 is 10.2 Å². The van der Waals surface area contributed by atoms with E-state index in [2.05, 4.69) is 0 Å². The summed E-state index contributed by atoms with van der Waals surface area (Å²) in [4.78, 5) is 76.8. The maximum atomic E-state index is 11.1. The van der Waals surface area contributed by atoms with Gasteiger partial charge in [0, 0.05) is 28.2 Å². The van der Waals surface area contributed by atoms with Gasteiger partial charge in [-0.25, -0.2) is 0 Å². The van der Waals surface area contributed by atoms with Gasteiger partial charge in [0.1, 0.15) is 0 Å². The molecule has 0 aliphatic rings. The van der Waals surface area contributed by atoms with Crippen LogP contribution in [0.1, 0.15) is 0 Å². The van der Waals surface area contributed by atoms with Crippen LogP contribution in [0, 0.1) is 60.7 Å². The van der Waals surface area contributed by atoms with Crippen molar-refractivity contribution < 1.29 is 66.4 Å². The molecule has 0 saturated heterocycles. The molecule has 0 atom stereocenters. The number of benzene rings is 2. The molecule has 2 aromatic rings. The average Bonchev–Trinajstić information content (AvgIpc) is 2.88. The average molecular weight is 666 g/mol. The van der Waals surface area contributed by atoms with Crippen molar-refractivity contribution in [2.45, 2.75) is 0 Å². The van der Waals surface area contributed by atoms with Crippen LogP contribution >= 0.6 is 0 Å². The van der Waals surface area contributed by atoms with Crippen LogP contribution in [0.4, 0.5) is 34.1 Å². The molecule has 0 saturated carbocycles. The number of hydrogen-bond donors (Lipinski definition) is 0. The van der Waals surface area contributed by atoms with Crippen LogP contribution in [0.25, 0.3) is 0 Å². The molecule has 43 heavy (non-hydrogen) atoms. The Labute approximate surface area is 248 Å². The largest absolute Gasteiger partial charge is 2.00 e. The topological polar surface area (TPSA) is 346 Å². The monoisotopic (exact) mass is 665 g/mol. The minimum atomic E-state index is -1.46. The molecule has 2 aromatic carbocycles. The predicted molar refractivity (Wildman–Crippen MR) is 131 cm³/mol. The van der Waals surface area contributed by atoms with Gasteiger partial charge in [-0.05, 0) is 0 Å². The Morgan fingerprint density at radius 2 is 0.651 bits per heavy atom. The van der Waals surface area contributed by atoms with Crippen LogP contribution in [0.5, 0.6) is 11.5 Å². The van der Waals surface area contributed by atoms with Crippen molar-refractivity contribution in [1.82, 2.24) is 9.80 Å². The fourth-order valence-electron chi connectivity index (χ4n) is 1.92. The van der Waals surface area contributed by atoms with Gasteiger partial charge in [-0.15, -0.1) is 0 Å². The number of carbonyl (C=O) groups excluding carboxylic acids is 2. The summed E-state index contributed by atoms with van der Waals surface area (Å²) in [5.41, 5.74) is -6.53. The number of amides is 2. The molecule has 0 aromatic heterocycles. The number of non-ortho nitro benzene ring substituents is 2. The van der Waals surface area contributed by atoms with Crippen molar-refractivity contribution in [2.24, 2.45) is 0 Å². The van der Waals surface area contributed by atoms with Crippen LogP contribution in [0.3, 0.4) is 0 Å². The zero-order chi connectivity index (χ0) is 33.5. The zero-order valence-corrected chi connectivity index (χ0v) is 22.8. The number of nitro groups is 6. The first-order valence-electron chi connectivity index (χ1n) is 10.0. The second-order valence-corrected chi connectivity index (χ2v) is 7.31. The van der Waals surface area contributed by atoms with Gasteiger partial charge in [0.05, 0.1) is 65.3 Å². The third-order valence-corrected chi connectivity index (χ3v) is 3.70. The van der Waals surface area contributed by atoms with Gasteiger partial charge in [-0.1, -0.05) is 0 Å². The Balaban J connectivity index is -0.000000558. The van der Waals surface area contributed by atoms with E-state index in [1.165, 1.54) is 9.80 Å². The van der Waals surface area contributed by atoms with Crippen molar-refractivity contribution in [1.29, 1.82) is 0 Å². The quantitative estimate of drug-likeness (QED) is 0.159. The van der Waals surface area contributed by atoms with Crippen molar-refractivity contribution in [3.05, 3.63) is 85.0 Å². The van der Waals surface area contributed by atoms with E-state index >= 15 is 0 Å². The molecule has 0 unspecified atom stereocenters. The SMILES string of the molecule is CN(C)C=O.CN(C)C=O.O=[N+]([O-])c1cc([N+](=O)[O-])c([O-])c([N+](=O)[O-])c1.O=[N+]([O-])c1cc([N+](=O)[O-])c([O-])c([N+](=O)[O-])c1.[Cu+2]. The maximum Gasteiger partial charge on any atom is 2.00 e. The number of nitro benzene ring substituents is 6. The van der Waals surface area contributed by atoms with E-state index in [-0.39, 0.29) is 17.1 Å². The molecule has 2 amide bonds. The minimum Gasteiger partial charge on any atom is -0.863 e. The molecule has 0 aliphatic heterocycles. The minimum absolute atomic E-state index is 0. The van der Waals surface area contributed by atoms with Gasteiger partial charge in [0.2, 0.25) is 12.8 Å². The Bertz CT molecular complexity index is 1210. The summed E-state index contributed by atoms with van der Waals surface area (Å²) in [6.07, 6.45) is 1.50. The molecule has 0 heterocycles. The third-order valence-electron chi connectivity index (χ3n) is 3.70. The van der Waals surface area contributed by atoms with Crippen molar-refractivity contribution in [3.8, 4) is 11.5 Å². The fraction of sp³-hybridized carbons (Fsp3) is 0.222. The fourth-order valence-corrected chi connectivity index (χ4v) is 1.92. The molecule has 25 heteroatoms.